The first kappa shape index (κ1) is 10.6. The van der Waals surface area contributed by atoms with Crippen LogP contribution in [-0.2, 0) is 0 Å². The third-order valence-corrected chi connectivity index (χ3v) is 4.04. The molecule has 4 aromatic carbocycles. The lowest BCUT2D eigenvalue weighted by molar-refractivity contribution is 0.395. The average molecular weight is 362 g/mol. The van der Waals surface area contributed by atoms with E-state index in [0.29, 0.717) is 28.4 Å². The number of ether oxygens (including phenoxy) is 2. The molecule has 0 radical (unpaired) electrons. The minimum Gasteiger partial charge on any atom is -0.497 e. The highest BCUT2D eigenvalue weighted by Gasteiger charge is 2.05. The Morgan fingerprint density at radius 1 is 0.741 bits per heavy atom. The molecule has 3 nitrogen and oxygen atoms in total. The molecule has 134 valence electrons. The molecule has 0 saturated carbocycles. The highest BCUT2D eigenvalue weighted by atomic mass is 16.5. The number of anilines is 2. The van der Waals surface area contributed by atoms with Gasteiger partial charge < -0.3 is 14.8 Å². The van der Waals surface area contributed by atoms with Gasteiger partial charge in [0.25, 0.3) is 0 Å². The van der Waals surface area contributed by atoms with Crippen LogP contribution in [0.15, 0.2) is 84.8 Å². The van der Waals surface area contributed by atoms with E-state index in [9.17, 15) is 0 Å². The molecule has 1 N–H and O–H groups in total. The summed E-state index contributed by atoms with van der Waals surface area (Å²) < 4.78 is 68.6. The van der Waals surface area contributed by atoms with Crippen LogP contribution < -0.4 is 14.8 Å². The van der Waals surface area contributed by atoms with Crippen molar-refractivity contribution in [1.82, 2.24) is 0 Å². The molecule has 0 heterocycles. The van der Waals surface area contributed by atoms with E-state index in [1.165, 1.54) is 0 Å². The minimum atomic E-state index is -0.488. The minimum absolute atomic E-state index is 0.0714. The molecule has 3 heteroatoms. The van der Waals surface area contributed by atoms with E-state index < -0.39 is 24.2 Å². The van der Waals surface area contributed by atoms with Gasteiger partial charge in [-0.2, -0.15) is 0 Å². The third-order valence-electron chi connectivity index (χ3n) is 4.04. The van der Waals surface area contributed by atoms with Crippen molar-refractivity contribution in [2.24, 2.45) is 0 Å². The van der Waals surface area contributed by atoms with E-state index in [1.807, 2.05) is 0 Å². The summed E-state index contributed by atoms with van der Waals surface area (Å²) in [7, 11) is 3.11. The fourth-order valence-corrected chi connectivity index (χ4v) is 2.72. The van der Waals surface area contributed by atoms with Crippen molar-refractivity contribution >= 4 is 22.1 Å². The number of fused-ring (bicyclic) bond motifs is 1. The predicted octanol–water partition coefficient (Wildman–Crippen LogP) is 6.27. The SMILES string of the molecule is [2H]c1c([2H])c([2H])c2c([2H])c(-c3cccc(Nc4cc(OC)cc(OC)c4)c3)c([2H])c([2H])c2c1[2H]. The number of benzene rings is 4. The van der Waals surface area contributed by atoms with Crippen LogP contribution in [0.5, 0.6) is 11.5 Å². The molecule has 0 amide bonds. The summed E-state index contributed by atoms with van der Waals surface area (Å²) in [4.78, 5) is 0. The van der Waals surface area contributed by atoms with Gasteiger partial charge in [-0.1, -0.05) is 48.4 Å². The van der Waals surface area contributed by atoms with Gasteiger partial charge in [0.15, 0.2) is 0 Å². The Bertz CT molecular complexity index is 1420. The zero-order valence-electron chi connectivity index (χ0n) is 21.9. The van der Waals surface area contributed by atoms with E-state index in [4.69, 9.17) is 19.1 Å². The summed E-state index contributed by atoms with van der Waals surface area (Å²) >= 11 is 0. The predicted molar refractivity (Wildman–Crippen MR) is 112 cm³/mol. The largest absolute Gasteiger partial charge is 0.497 e. The van der Waals surface area contributed by atoms with Crippen molar-refractivity contribution in [2.45, 2.75) is 0 Å². The summed E-state index contributed by atoms with van der Waals surface area (Å²) in [5.41, 5.74) is 1.93. The topological polar surface area (TPSA) is 30.5 Å². The molecule has 0 aromatic heterocycles. The van der Waals surface area contributed by atoms with Crippen LogP contribution in [0, 0.1) is 0 Å². The highest BCUT2D eigenvalue weighted by Crippen LogP contribution is 2.30. The third kappa shape index (κ3) is 3.72. The lowest BCUT2D eigenvalue weighted by Crippen LogP contribution is -1.94. The smallest absolute Gasteiger partial charge is 0.124 e. The number of rotatable bonds is 5. The molecule has 0 aliphatic rings. The fourth-order valence-electron chi connectivity index (χ4n) is 2.72. The van der Waals surface area contributed by atoms with Gasteiger partial charge in [0, 0.05) is 29.6 Å². The number of hydrogen-bond donors (Lipinski definition) is 1. The molecule has 4 aromatic rings. The summed E-state index contributed by atoms with van der Waals surface area (Å²) in [6.07, 6.45) is 0. The van der Waals surface area contributed by atoms with E-state index in [0.717, 1.165) is 0 Å². The quantitative estimate of drug-likeness (QED) is 0.454. The maximum Gasteiger partial charge on any atom is 0.124 e. The molecule has 0 aliphatic carbocycles. The monoisotopic (exact) mass is 362 g/mol. The molecular weight excluding hydrogens is 334 g/mol. The van der Waals surface area contributed by atoms with E-state index in [-0.39, 0.29) is 34.5 Å². The van der Waals surface area contributed by atoms with Crippen LogP contribution >= 0.6 is 0 Å². The average Bonchev–Trinajstić information content (AvgIpc) is 2.83. The van der Waals surface area contributed by atoms with Crippen LogP contribution in [-0.4, -0.2) is 14.2 Å². The maximum absolute atomic E-state index is 8.71. The fraction of sp³-hybridized carbons (Fsp3) is 0.0833. The van der Waals surface area contributed by atoms with Crippen LogP contribution in [0.2, 0.25) is 0 Å². The Labute approximate surface area is 169 Å². The Hall–Kier alpha value is -3.46. The molecule has 0 unspecified atom stereocenters. The van der Waals surface area contributed by atoms with Crippen molar-refractivity contribution in [3.05, 3.63) is 84.8 Å². The van der Waals surface area contributed by atoms with Gasteiger partial charge in [0.05, 0.1) is 23.8 Å². The number of methoxy groups -OCH3 is 2. The van der Waals surface area contributed by atoms with Crippen molar-refractivity contribution < 1.29 is 19.1 Å². The van der Waals surface area contributed by atoms with Gasteiger partial charge in [-0.3, -0.25) is 0 Å². The van der Waals surface area contributed by atoms with Crippen molar-refractivity contribution in [3.63, 3.8) is 0 Å². The first-order chi connectivity index (χ1) is 16.2. The Morgan fingerprint density at radius 2 is 1.48 bits per heavy atom. The first-order valence-electron chi connectivity index (χ1n) is 11.8. The van der Waals surface area contributed by atoms with Crippen LogP contribution in [0.1, 0.15) is 9.60 Å². The molecule has 4 rings (SSSR count). The molecule has 0 spiro atoms. The lowest BCUT2D eigenvalue weighted by Gasteiger charge is -2.12. The van der Waals surface area contributed by atoms with Crippen molar-refractivity contribution in [1.29, 1.82) is 0 Å². The molecule has 0 fully saturated rings. The Balaban J connectivity index is 1.88. The molecular formula is C24H21NO2. The maximum atomic E-state index is 8.71. The number of hydrogen-bond acceptors (Lipinski definition) is 3. The molecule has 0 aliphatic heterocycles. The van der Waals surface area contributed by atoms with Gasteiger partial charge in [-0.25, -0.2) is 0 Å². The standard InChI is InChI=1S/C24H21NO2/c1-26-23-14-22(15-24(16-23)27-2)25-21-9-5-8-19(13-21)20-11-10-17-6-3-4-7-18(17)12-20/h3-16,25H,1-2H3/i3D,4D,6D,7D,10D,11D,12D. The summed E-state index contributed by atoms with van der Waals surface area (Å²) in [6.45, 7) is 0. The van der Waals surface area contributed by atoms with Crippen molar-refractivity contribution in [2.75, 3.05) is 19.5 Å². The highest BCUT2D eigenvalue weighted by molar-refractivity contribution is 5.87. The van der Waals surface area contributed by atoms with Crippen LogP contribution in [0.25, 0.3) is 21.9 Å². The van der Waals surface area contributed by atoms with E-state index in [2.05, 4.69) is 5.32 Å². The molecule has 0 saturated heterocycles. The van der Waals surface area contributed by atoms with E-state index in [1.54, 1.807) is 56.7 Å². The van der Waals surface area contributed by atoms with Gasteiger partial charge >= 0.3 is 0 Å². The second kappa shape index (κ2) is 7.42. The molecule has 0 bridgehead atoms. The summed E-state index contributed by atoms with van der Waals surface area (Å²) in [5.74, 6) is 1.20. The Morgan fingerprint density at radius 3 is 2.22 bits per heavy atom. The summed E-state index contributed by atoms with van der Waals surface area (Å²) in [6, 6.07) is 9.65. The summed E-state index contributed by atoms with van der Waals surface area (Å²) in [5, 5.41) is 3.05. The van der Waals surface area contributed by atoms with Crippen molar-refractivity contribution in [3.8, 4) is 22.6 Å². The lowest BCUT2D eigenvalue weighted by atomic mass is 10.0. The van der Waals surface area contributed by atoms with Crippen LogP contribution in [0.4, 0.5) is 11.4 Å². The first-order valence-corrected chi connectivity index (χ1v) is 8.28. The second-order valence-electron chi connectivity index (χ2n) is 5.81. The Kier molecular flexibility index (Phi) is 2.92. The normalized spacial score (nSPS) is 14.2. The van der Waals surface area contributed by atoms with E-state index >= 15 is 0 Å². The second-order valence-corrected chi connectivity index (χ2v) is 5.81. The zero-order valence-corrected chi connectivity index (χ0v) is 14.9. The zero-order chi connectivity index (χ0) is 24.7. The van der Waals surface area contributed by atoms with Crippen LogP contribution in [0.3, 0.4) is 0 Å². The van der Waals surface area contributed by atoms with Gasteiger partial charge in [0.2, 0.25) is 0 Å². The van der Waals surface area contributed by atoms with Gasteiger partial charge in [-0.15, -0.1) is 0 Å². The van der Waals surface area contributed by atoms with Gasteiger partial charge in [0.1, 0.15) is 11.5 Å². The molecule has 27 heavy (non-hydrogen) atoms. The van der Waals surface area contributed by atoms with Gasteiger partial charge in [-0.05, 0) is 40.1 Å². The number of nitrogens with one attached hydrogen (secondary N) is 1. The molecule has 0 atom stereocenters.